The van der Waals surface area contributed by atoms with Crippen LogP contribution >= 0.6 is 0 Å². The number of nitrogens with two attached hydrogens (primary N) is 1. The van der Waals surface area contributed by atoms with Crippen molar-refractivity contribution in [1.29, 1.82) is 0 Å². The Bertz CT molecular complexity index is 678. The second kappa shape index (κ2) is 7.60. The molecule has 0 atom stereocenters. The molecule has 2 rings (SSSR count). The van der Waals surface area contributed by atoms with Crippen LogP contribution in [-0.2, 0) is 16.0 Å². The molecule has 0 saturated heterocycles. The Kier molecular flexibility index (Phi) is 5.54. The third-order valence-corrected chi connectivity index (χ3v) is 3.45. The van der Waals surface area contributed by atoms with Crippen molar-refractivity contribution in [1.82, 2.24) is 5.32 Å². The fourth-order valence-electron chi connectivity index (χ4n) is 2.31. The molecule has 1 aromatic rings. The zero-order valence-corrected chi connectivity index (χ0v) is 13.1. The molecule has 1 aromatic carbocycles. The molecule has 0 spiro atoms. The number of carbonyl (C=O) groups is 2. The number of aryl methyl sites for hydroxylation is 1. The van der Waals surface area contributed by atoms with Crippen LogP contribution in [0.2, 0.25) is 0 Å². The second-order valence-corrected chi connectivity index (χ2v) is 5.28. The van der Waals surface area contributed by atoms with Crippen molar-refractivity contribution < 1.29 is 14.7 Å². The number of hydrogen-bond acceptors (Lipinski definition) is 6. The van der Waals surface area contributed by atoms with Crippen LogP contribution in [0.4, 0.5) is 11.4 Å². The lowest BCUT2D eigenvalue weighted by molar-refractivity contribution is -0.115. The largest absolute Gasteiger partial charge is 0.399 e. The van der Waals surface area contributed by atoms with Gasteiger partial charge in [0.1, 0.15) is 0 Å². The number of ketones is 2. The topological polar surface area (TPSA) is 104 Å². The summed E-state index contributed by atoms with van der Waals surface area (Å²) in [5, 5.41) is 14.5. The molecule has 0 fully saturated rings. The number of carbonyl (C=O) groups excluding carboxylic acids is 2. The van der Waals surface area contributed by atoms with Crippen LogP contribution in [0.5, 0.6) is 0 Å². The molecule has 23 heavy (non-hydrogen) atoms. The zero-order chi connectivity index (χ0) is 16.8. The molecule has 6 heteroatoms. The summed E-state index contributed by atoms with van der Waals surface area (Å²) in [6.07, 6.45) is 4.32. The number of nitrogens with one attached hydrogen (secondary N) is 2. The summed E-state index contributed by atoms with van der Waals surface area (Å²) < 4.78 is 0. The van der Waals surface area contributed by atoms with Gasteiger partial charge in [0.25, 0.3) is 0 Å². The van der Waals surface area contributed by atoms with Gasteiger partial charge in [-0.15, -0.1) is 0 Å². The molecule has 0 bridgehead atoms. The maximum absolute atomic E-state index is 12.1. The number of aliphatic hydroxyl groups excluding tert-OH is 1. The standard InChI is InChI=1S/C17H21N3O3/c1-2-3-11-8-12(4-5-13(11)18)20-15-10-16(22)14(9-17(15)23)19-6-7-21/h4-5,8-10,19-21H,2-3,6-7,18H2,1H3. The fourth-order valence-corrected chi connectivity index (χ4v) is 2.31. The monoisotopic (exact) mass is 315 g/mol. The van der Waals surface area contributed by atoms with Gasteiger partial charge in [0.2, 0.25) is 11.6 Å². The summed E-state index contributed by atoms with van der Waals surface area (Å²) in [4.78, 5) is 24.1. The highest BCUT2D eigenvalue weighted by Crippen LogP contribution is 2.21. The van der Waals surface area contributed by atoms with Crippen molar-refractivity contribution in [3.63, 3.8) is 0 Å². The molecule has 0 saturated carbocycles. The molecule has 0 heterocycles. The van der Waals surface area contributed by atoms with E-state index >= 15 is 0 Å². The lowest BCUT2D eigenvalue weighted by Gasteiger charge is -2.16. The minimum absolute atomic E-state index is 0.112. The molecule has 0 aromatic heterocycles. The molecule has 0 amide bonds. The van der Waals surface area contributed by atoms with Crippen LogP contribution < -0.4 is 16.4 Å². The first-order chi connectivity index (χ1) is 11.0. The summed E-state index contributed by atoms with van der Waals surface area (Å²) in [7, 11) is 0. The Balaban J connectivity index is 2.14. The molecule has 1 aliphatic carbocycles. The van der Waals surface area contributed by atoms with E-state index in [1.165, 1.54) is 12.2 Å². The van der Waals surface area contributed by atoms with E-state index < -0.39 is 0 Å². The highest BCUT2D eigenvalue weighted by atomic mass is 16.3. The first kappa shape index (κ1) is 16.8. The predicted octanol–water partition coefficient (Wildman–Crippen LogP) is 1.13. The Hall–Kier alpha value is -2.60. The van der Waals surface area contributed by atoms with Crippen LogP contribution in [0.15, 0.2) is 41.7 Å². The fraction of sp³-hybridized carbons (Fsp3) is 0.294. The number of hydrogen-bond donors (Lipinski definition) is 4. The minimum Gasteiger partial charge on any atom is -0.399 e. The van der Waals surface area contributed by atoms with Crippen molar-refractivity contribution in [3.8, 4) is 0 Å². The minimum atomic E-state index is -0.301. The lowest BCUT2D eigenvalue weighted by atomic mass is 10.0. The Morgan fingerprint density at radius 3 is 2.52 bits per heavy atom. The summed E-state index contributed by atoms with van der Waals surface area (Å²) >= 11 is 0. The highest BCUT2D eigenvalue weighted by Gasteiger charge is 2.20. The van der Waals surface area contributed by atoms with Gasteiger partial charge in [-0.3, -0.25) is 9.59 Å². The molecule has 0 aliphatic heterocycles. The number of nitrogen functional groups attached to an aromatic ring is 1. The predicted molar refractivity (Wildman–Crippen MR) is 89.7 cm³/mol. The number of anilines is 2. The van der Waals surface area contributed by atoms with Gasteiger partial charge < -0.3 is 21.5 Å². The molecular formula is C17H21N3O3. The van der Waals surface area contributed by atoms with Crippen molar-refractivity contribution >= 4 is 22.9 Å². The summed E-state index contributed by atoms with van der Waals surface area (Å²) in [5.41, 5.74) is 8.77. The Morgan fingerprint density at radius 2 is 1.83 bits per heavy atom. The van der Waals surface area contributed by atoms with Crippen molar-refractivity contribution in [2.24, 2.45) is 0 Å². The van der Waals surface area contributed by atoms with Gasteiger partial charge >= 0.3 is 0 Å². The van der Waals surface area contributed by atoms with Gasteiger partial charge in [0.05, 0.1) is 18.0 Å². The van der Waals surface area contributed by atoms with Gasteiger partial charge in [-0.1, -0.05) is 13.3 Å². The Labute approximate surface area is 135 Å². The average molecular weight is 315 g/mol. The van der Waals surface area contributed by atoms with Crippen LogP contribution in [0.3, 0.4) is 0 Å². The SMILES string of the molecule is CCCc1cc(NC2=CC(=O)C(NCCO)=CC2=O)ccc1N. The van der Waals surface area contributed by atoms with E-state index in [-0.39, 0.29) is 36.1 Å². The van der Waals surface area contributed by atoms with E-state index in [4.69, 9.17) is 10.8 Å². The van der Waals surface area contributed by atoms with Gasteiger partial charge in [-0.05, 0) is 30.2 Å². The first-order valence-electron chi connectivity index (χ1n) is 7.57. The van der Waals surface area contributed by atoms with Gasteiger partial charge in [0, 0.05) is 30.1 Å². The molecule has 122 valence electrons. The quantitative estimate of drug-likeness (QED) is 0.444. The van der Waals surface area contributed by atoms with E-state index in [9.17, 15) is 9.59 Å². The van der Waals surface area contributed by atoms with Crippen molar-refractivity contribution in [3.05, 3.63) is 47.3 Å². The summed E-state index contributed by atoms with van der Waals surface area (Å²) in [6.45, 7) is 2.18. The van der Waals surface area contributed by atoms with Crippen LogP contribution in [0, 0.1) is 0 Å². The summed E-state index contributed by atoms with van der Waals surface area (Å²) in [5.74, 6) is -0.594. The normalized spacial score (nSPS) is 14.3. The number of rotatable bonds is 7. The molecule has 6 nitrogen and oxygen atoms in total. The number of allylic oxidation sites excluding steroid dienone is 2. The molecule has 1 aliphatic rings. The third kappa shape index (κ3) is 4.20. The number of aliphatic hydroxyl groups is 1. The lowest BCUT2D eigenvalue weighted by Crippen LogP contribution is -2.28. The van der Waals surface area contributed by atoms with Crippen LogP contribution in [-0.4, -0.2) is 29.8 Å². The van der Waals surface area contributed by atoms with Crippen LogP contribution in [0.25, 0.3) is 0 Å². The summed E-state index contributed by atoms with van der Waals surface area (Å²) in [6, 6.07) is 5.45. The average Bonchev–Trinajstić information content (AvgIpc) is 2.52. The second-order valence-electron chi connectivity index (χ2n) is 5.28. The van der Waals surface area contributed by atoms with Gasteiger partial charge in [0.15, 0.2) is 0 Å². The third-order valence-electron chi connectivity index (χ3n) is 3.45. The highest BCUT2D eigenvalue weighted by molar-refractivity contribution is 6.20. The van der Waals surface area contributed by atoms with E-state index in [1.54, 1.807) is 12.1 Å². The molecule has 0 unspecified atom stereocenters. The van der Waals surface area contributed by atoms with E-state index in [1.807, 2.05) is 6.07 Å². The van der Waals surface area contributed by atoms with Crippen molar-refractivity contribution in [2.45, 2.75) is 19.8 Å². The number of benzene rings is 1. The van der Waals surface area contributed by atoms with Gasteiger partial charge in [-0.2, -0.15) is 0 Å². The maximum atomic E-state index is 12.1. The Morgan fingerprint density at radius 1 is 1.13 bits per heavy atom. The van der Waals surface area contributed by atoms with E-state index in [0.717, 1.165) is 24.1 Å². The first-order valence-corrected chi connectivity index (χ1v) is 7.57. The van der Waals surface area contributed by atoms with E-state index in [0.29, 0.717) is 5.69 Å². The van der Waals surface area contributed by atoms with Crippen molar-refractivity contribution in [2.75, 3.05) is 24.2 Å². The zero-order valence-electron chi connectivity index (χ0n) is 13.1. The molecule has 5 N–H and O–H groups in total. The molecule has 0 radical (unpaired) electrons. The van der Waals surface area contributed by atoms with Gasteiger partial charge in [-0.25, -0.2) is 0 Å². The smallest absolute Gasteiger partial charge is 0.204 e. The van der Waals surface area contributed by atoms with Crippen LogP contribution in [0.1, 0.15) is 18.9 Å². The molecular weight excluding hydrogens is 294 g/mol. The van der Waals surface area contributed by atoms with E-state index in [2.05, 4.69) is 17.6 Å². The maximum Gasteiger partial charge on any atom is 0.204 e.